The maximum atomic E-state index is 12.3. The van der Waals surface area contributed by atoms with Crippen molar-refractivity contribution in [2.75, 3.05) is 13.1 Å². The average molecular weight is 221 g/mol. The van der Waals surface area contributed by atoms with Crippen molar-refractivity contribution in [2.45, 2.75) is 25.9 Å². The summed E-state index contributed by atoms with van der Waals surface area (Å²) < 4.78 is 1.88. The van der Waals surface area contributed by atoms with E-state index in [1.807, 2.05) is 34.8 Å². The number of nitrogens with zero attached hydrogens (tertiary/aromatic N) is 2. The molecule has 0 bridgehead atoms. The number of aryl methyl sites for hydroxylation is 1. The highest BCUT2D eigenvalue weighted by molar-refractivity contribution is 5.93. The largest absolute Gasteiger partial charge is 0.347 e. The maximum Gasteiger partial charge on any atom is 0.270 e. The summed E-state index contributed by atoms with van der Waals surface area (Å²) in [4.78, 5) is 14.3. The van der Waals surface area contributed by atoms with Crippen LogP contribution < -0.4 is 5.32 Å². The quantitative estimate of drug-likeness (QED) is 0.763. The molecule has 0 spiro atoms. The minimum absolute atomic E-state index is 0.133. The van der Waals surface area contributed by atoms with E-state index in [0.717, 1.165) is 18.8 Å². The van der Waals surface area contributed by atoms with E-state index in [0.29, 0.717) is 6.04 Å². The van der Waals surface area contributed by atoms with Crippen molar-refractivity contribution in [3.8, 4) is 0 Å². The fraction of sp³-hybridized carbons (Fsp3) is 0.583. The number of amides is 1. The third-order valence-corrected chi connectivity index (χ3v) is 3.46. The molecule has 1 aliphatic rings. The van der Waals surface area contributed by atoms with Crippen LogP contribution in [0.15, 0.2) is 18.3 Å². The van der Waals surface area contributed by atoms with Crippen LogP contribution in [0.3, 0.4) is 0 Å². The molecule has 2 rings (SSSR count). The van der Waals surface area contributed by atoms with E-state index in [9.17, 15) is 4.79 Å². The molecule has 16 heavy (non-hydrogen) atoms. The molecule has 0 saturated carbocycles. The van der Waals surface area contributed by atoms with Gasteiger partial charge in [0.1, 0.15) is 5.69 Å². The minimum Gasteiger partial charge on any atom is -0.347 e. The van der Waals surface area contributed by atoms with Crippen LogP contribution in [0, 0.1) is 0 Å². The molecular formula is C12H19N3O. The van der Waals surface area contributed by atoms with E-state index in [-0.39, 0.29) is 11.9 Å². The van der Waals surface area contributed by atoms with Gasteiger partial charge in [0.2, 0.25) is 0 Å². The van der Waals surface area contributed by atoms with E-state index < -0.39 is 0 Å². The zero-order valence-electron chi connectivity index (χ0n) is 10.1. The monoisotopic (exact) mass is 221 g/mol. The van der Waals surface area contributed by atoms with Crippen LogP contribution in [0.2, 0.25) is 0 Å². The Morgan fingerprint density at radius 1 is 1.50 bits per heavy atom. The molecule has 1 aromatic heterocycles. The third-order valence-electron chi connectivity index (χ3n) is 3.46. The van der Waals surface area contributed by atoms with Gasteiger partial charge in [0.25, 0.3) is 5.91 Å². The lowest BCUT2D eigenvalue weighted by atomic mass is 10.1. The summed E-state index contributed by atoms with van der Waals surface area (Å²) in [5.74, 6) is 0.133. The molecule has 1 amide bonds. The zero-order chi connectivity index (χ0) is 11.7. The molecule has 1 N–H and O–H groups in total. The van der Waals surface area contributed by atoms with Crippen molar-refractivity contribution in [2.24, 2.45) is 7.05 Å². The Bertz CT molecular complexity index is 385. The van der Waals surface area contributed by atoms with Crippen molar-refractivity contribution in [1.82, 2.24) is 14.8 Å². The standard InChI is InChI=1S/C12H19N3O/c1-9-10(2)15(8-6-13-9)12(16)11-5-4-7-14(11)3/h4-5,7,9-10,13H,6,8H2,1-3H3. The molecule has 1 aromatic rings. The van der Waals surface area contributed by atoms with Crippen LogP contribution >= 0.6 is 0 Å². The normalized spacial score (nSPS) is 25.8. The lowest BCUT2D eigenvalue weighted by molar-refractivity contribution is 0.0593. The van der Waals surface area contributed by atoms with E-state index >= 15 is 0 Å². The van der Waals surface area contributed by atoms with E-state index in [2.05, 4.69) is 19.2 Å². The Labute approximate surface area is 96.2 Å². The molecule has 4 nitrogen and oxygen atoms in total. The molecule has 2 unspecified atom stereocenters. The summed E-state index contributed by atoms with van der Waals surface area (Å²) in [6.45, 7) is 5.88. The van der Waals surface area contributed by atoms with Gasteiger partial charge in [-0.3, -0.25) is 4.79 Å². The molecule has 0 aromatic carbocycles. The first-order valence-corrected chi connectivity index (χ1v) is 5.77. The zero-order valence-corrected chi connectivity index (χ0v) is 10.1. The van der Waals surface area contributed by atoms with Gasteiger partial charge in [-0.15, -0.1) is 0 Å². The van der Waals surface area contributed by atoms with Crippen LogP contribution in [-0.2, 0) is 7.05 Å². The van der Waals surface area contributed by atoms with Crippen molar-refractivity contribution < 1.29 is 4.79 Å². The average Bonchev–Trinajstić information content (AvgIpc) is 2.68. The summed E-state index contributed by atoms with van der Waals surface area (Å²) >= 11 is 0. The summed E-state index contributed by atoms with van der Waals surface area (Å²) in [5, 5.41) is 3.38. The second kappa shape index (κ2) is 4.29. The van der Waals surface area contributed by atoms with Crippen LogP contribution in [0.5, 0.6) is 0 Å². The molecule has 1 aliphatic heterocycles. The molecule has 1 fully saturated rings. The Morgan fingerprint density at radius 2 is 2.25 bits per heavy atom. The molecule has 4 heteroatoms. The van der Waals surface area contributed by atoms with Gasteiger partial charge < -0.3 is 14.8 Å². The minimum atomic E-state index is 0.133. The van der Waals surface area contributed by atoms with Gasteiger partial charge in [0.05, 0.1) is 0 Å². The maximum absolute atomic E-state index is 12.3. The van der Waals surface area contributed by atoms with Gasteiger partial charge in [-0.1, -0.05) is 0 Å². The van der Waals surface area contributed by atoms with Crippen molar-refractivity contribution in [3.05, 3.63) is 24.0 Å². The van der Waals surface area contributed by atoms with Crippen molar-refractivity contribution in [1.29, 1.82) is 0 Å². The van der Waals surface area contributed by atoms with E-state index in [1.165, 1.54) is 0 Å². The first kappa shape index (κ1) is 11.2. The molecule has 2 heterocycles. The van der Waals surface area contributed by atoms with Crippen molar-refractivity contribution in [3.63, 3.8) is 0 Å². The number of hydrogen-bond donors (Lipinski definition) is 1. The number of nitrogens with one attached hydrogen (secondary N) is 1. The summed E-state index contributed by atoms with van der Waals surface area (Å²) in [6.07, 6.45) is 1.91. The van der Waals surface area contributed by atoms with E-state index in [1.54, 1.807) is 0 Å². The first-order chi connectivity index (χ1) is 7.61. The predicted molar refractivity (Wildman–Crippen MR) is 63.4 cm³/mol. The van der Waals surface area contributed by atoms with E-state index in [4.69, 9.17) is 0 Å². The van der Waals surface area contributed by atoms with Crippen LogP contribution in [-0.4, -0.2) is 40.5 Å². The molecular weight excluding hydrogens is 202 g/mol. The number of rotatable bonds is 1. The molecule has 0 aliphatic carbocycles. The highest BCUT2D eigenvalue weighted by atomic mass is 16.2. The van der Waals surface area contributed by atoms with Gasteiger partial charge in [-0.25, -0.2) is 0 Å². The third kappa shape index (κ3) is 1.85. The smallest absolute Gasteiger partial charge is 0.270 e. The lowest BCUT2D eigenvalue weighted by Gasteiger charge is -2.38. The molecule has 2 atom stereocenters. The Balaban J connectivity index is 2.18. The highest BCUT2D eigenvalue weighted by Gasteiger charge is 2.29. The molecule has 1 saturated heterocycles. The number of carbonyl (C=O) groups is 1. The topological polar surface area (TPSA) is 37.3 Å². The van der Waals surface area contributed by atoms with Gasteiger partial charge >= 0.3 is 0 Å². The second-order valence-electron chi connectivity index (χ2n) is 4.49. The SMILES string of the molecule is CC1NCCN(C(=O)c2cccn2C)C1C. The Hall–Kier alpha value is -1.29. The van der Waals surface area contributed by atoms with Gasteiger partial charge in [0, 0.05) is 38.4 Å². The number of hydrogen-bond acceptors (Lipinski definition) is 2. The summed E-state index contributed by atoms with van der Waals surface area (Å²) in [5.41, 5.74) is 0.765. The van der Waals surface area contributed by atoms with Gasteiger partial charge in [-0.05, 0) is 26.0 Å². The predicted octanol–water partition coefficient (Wildman–Crippen LogP) is 0.847. The number of carbonyl (C=O) groups excluding carboxylic acids is 1. The summed E-state index contributed by atoms with van der Waals surface area (Å²) in [7, 11) is 1.91. The van der Waals surface area contributed by atoms with Crippen molar-refractivity contribution >= 4 is 5.91 Å². The fourth-order valence-electron chi connectivity index (χ4n) is 2.17. The van der Waals surface area contributed by atoms with Gasteiger partial charge in [-0.2, -0.15) is 0 Å². The number of aromatic nitrogens is 1. The fourth-order valence-corrected chi connectivity index (χ4v) is 2.17. The first-order valence-electron chi connectivity index (χ1n) is 5.77. The Kier molecular flexibility index (Phi) is 3.01. The summed E-state index contributed by atoms with van der Waals surface area (Å²) in [6, 6.07) is 4.39. The van der Waals surface area contributed by atoms with Gasteiger partial charge in [0.15, 0.2) is 0 Å². The van der Waals surface area contributed by atoms with Crippen LogP contribution in [0.4, 0.5) is 0 Å². The van der Waals surface area contributed by atoms with Crippen LogP contribution in [0.25, 0.3) is 0 Å². The molecule has 88 valence electrons. The highest BCUT2D eigenvalue weighted by Crippen LogP contribution is 2.13. The van der Waals surface area contributed by atoms with Crippen LogP contribution in [0.1, 0.15) is 24.3 Å². The molecule has 0 radical (unpaired) electrons. The lowest BCUT2D eigenvalue weighted by Crippen LogP contribution is -2.57. The second-order valence-corrected chi connectivity index (χ2v) is 4.49. The Morgan fingerprint density at radius 3 is 2.88 bits per heavy atom. The number of piperazine rings is 1.